The number of likely N-dealkylation sites (N-methyl/N-ethyl adjacent to an activating group) is 1. The van der Waals surface area contributed by atoms with Crippen LogP contribution in [0.2, 0.25) is 0 Å². The molecule has 0 saturated carbocycles. The first-order valence-electron chi connectivity index (χ1n) is 6.12. The predicted molar refractivity (Wildman–Crippen MR) is 78.7 cm³/mol. The Kier molecular flexibility index (Phi) is 5.24. The molecule has 0 atom stereocenters. The van der Waals surface area contributed by atoms with Gasteiger partial charge in [0.25, 0.3) is 11.6 Å². The van der Waals surface area contributed by atoms with E-state index in [1.165, 1.54) is 23.1 Å². The van der Waals surface area contributed by atoms with Gasteiger partial charge in [-0.1, -0.05) is 6.07 Å². The quantitative estimate of drug-likeness (QED) is 0.657. The summed E-state index contributed by atoms with van der Waals surface area (Å²) in [7, 11) is 0. The van der Waals surface area contributed by atoms with Crippen LogP contribution in [0.15, 0.2) is 22.7 Å². The minimum atomic E-state index is -1.03. The minimum Gasteiger partial charge on any atom is -0.389 e. The number of hydrogen-bond acceptors (Lipinski definition) is 4. The van der Waals surface area contributed by atoms with Crippen molar-refractivity contribution >= 4 is 27.5 Å². The molecule has 1 rings (SSSR count). The zero-order valence-corrected chi connectivity index (χ0v) is 13.2. The van der Waals surface area contributed by atoms with Crippen molar-refractivity contribution in [2.45, 2.75) is 26.4 Å². The topological polar surface area (TPSA) is 83.7 Å². The number of halogens is 1. The van der Waals surface area contributed by atoms with Crippen LogP contribution in [0.25, 0.3) is 0 Å². The normalized spacial score (nSPS) is 11.2. The van der Waals surface area contributed by atoms with Crippen LogP contribution in [-0.4, -0.2) is 39.5 Å². The molecule has 0 aliphatic rings. The molecule has 0 aromatic heterocycles. The van der Waals surface area contributed by atoms with Crippen LogP contribution in [0, 0.1) is 10.1 Å². The van der Waals surface area contributed by atoms with E-state index in [1.54, 1.807) is 20.8 Å². The summed E-state index contributed by atoms with van der Waals surface area (Å²) in [6, 6.07) is 4.31. The Bertz CT molecular complexity index is 526. The SMILES string of the molecule is CCN(CC(C)(C)O)C(=O)c1cccc([N+](=O)[O-])c1Br. The zero-order chi connectivity index (χ0) is 15.5. The molecule has 0 saturated heterocycles. The summed E-state index contributed by atoms with van der Waals surface area (Å²) >= 11 is 3.11. The lowest BCUT2D eigenvalue weighted by Gasteiger charge is -2.28. The maximum atomic E-state index is 12.4. The van der Waals surface area contributed by atoms with Crippen LogP contribution in [0.1, 0.15) is 31.1 Å². The molecule has 0 spiro atoms. The van der Waals surface area contributed by atoms with Crippen LogP contribution < -0.4 is 0 Å². The maximum absolute atomic E-state index is 12.4. The molecule has 1 aromatic rings. The predicted octanol–water partition coefficient (Wildman–Crippen LogP) is 2.59. The van der Waals surface area contributed by atoms with Gasteiger partial charge in [-0.2, -0.15) is 0 Å². The van der Waals surface area contributed by atoms with Crippen LogP contribution in [-0.2, 0) is 0 Å². The monoisotopic (exact) mass is 344 g/mol. The van der Waals surface area contributed by atoms with E-state index in [2.05, 4.69) is 15.9 Å². The highest BCUT2D eigenvalue weighted by atomic mass is 79.9. The number of nitro benzene ring substituents is 1. The van der Waals surface area contributed by atoms with E-state index in [4.69, 9.17) is 0 Å². The smallest absolute Gasteiger partial charge is 0.284 e. The Morgan fingerprint density at radius 2 is 2.10 bits per heavy atom. The Morgan fingerprint density at radius 3 is 2.55 bits per heavy atom. The van der Waals surface area contributed by atoms with Gasteiger partial charge in [0, 0.05) is 19.2 Å². The first-order chi connectivity index (χ1) is 9.17. The fourth-order valence-corrected chi connectivity index (χ4v) is 2.37. The highest BCUT2D eigenvalue weighted by Gasteiger charge is 2.26. The summed E-state index contributed by atoms with van der Waals surface area (Å²) in [5.41, 5.74) is -0.973. The van der Waals surface area contributed by atoms with Gasteiger partial charge in [0.2, 0.25) is 0 Å². The maximum Gasteiger partial charge on any atom is 0.284 e. The molecule has 0 unspecified atom stereocenters. The molecule has 0 fully saturated rings. The molecule has 1 N–H and O–H groups in total. The number of nitrogens with zero attached hydrogens (tertiary/aromatic N) is 2. The Balaban J connectivity index is 3.14. The average Bonchev–Trinajstić information content (AvgIpc) is 2.34. The average molecular weight is 345 g/mol. The van der Waals surface area contributed by atoms with Crippen molar-refractivity contribution in [3.8, 4) is 0 Å². The third kappa shape index (κ3) is 4.01. The van der Waals surface area contributed by atoms with Crippen molar-refractivity contribution in [1.82, 2.24) is 4.90 Å². The van der Waals surface area contributed by atoms with Crippen molar-refractivity contribution in [3.63, 3.8) is 0 Å². The standard InChI is InChI=1S/C13H17BrN2O4/c1-4-15(8-13(2,3)18)12(17)9-6-5-7-10(11(9)14)16(19)20/h5-7,18H,4,8H2,1-3H3. The van der Waals surface area contributed by atoms with E-state index < -0.39 is 10.5 Å². The van der Waals surface area contributed by atoms with Crippen LogP contribution >= 0.6 is 15.9 Å². The van der Waals surface area contributed by atoms with Gasteiger partial charge in [0.15, 0.2) is 0 Å². The fraction of sp³-hybridized carbons (Fsp3) is 0.462. The summed E-state index contributed by atoms with van der Waals surface area (Å²) in [6.45, 7) is 5.54. The number of rotatable bonds is 5. The highest BCUT2D eigenvalue weighted by Crippen LogP contribution is 2.29. The summed E-state index contributed by atoms with van der Waals surface area (Å²) in [5, 5.41) is 20.7. The molecule has 0 aliphatic heterocycles. The molecule has 0 radical (unpaired) electrons. The van der Waals surface area contributed by atoms with Gasteiger partial charge in [-0.05, 0) is 42.8 Å². The molecule has 1 amide bonds. The molecule has 7 heteroatoms. The number of carbonyl (C=O) groups is 1. The molecule has 0 aliphatic carbocycles. The Hall–Kier alpha value is -1.47. The molecule has 0 bridgehead atoms. The molecular formula is C13H17BrN2O4. The van der Waals surface area contributed by atoms with E-state index in [9.17, 15) is 20.0 Å². The van der Waals surface area contributed by atoms with Gasteiger partial charge in [0.1, 0.15) is 4.47 Å². The van der Waals surface area contributed by atoms with E-state index in [0.717, 1.165) is 0 Å². The van der Waals surface area contributed by atoms with Gasteiger partial charge in [0.05, 0.1) is 16.1 Å². The number of aliphatic hydroxyl groups is 1. The van der Waals surface area contributed by atoms with E-state index in [0.29, 0.717) is 6.54 Å². The number of amides is 1. The van der Waals surface area contributed by atoms with Crippen LogP contribution in [0.3, 0.4) is 0 Å². The van der Waals surface area contributed by atoms with Crippen molar-refractivity contribution in [3.05, 3.63) is 38.3 Å². The van der Waals surface area contributed by atoms with Gasteiger partial charge in [-0.25, -0.2) is 0 Å². The molecule has 0 heterocycles. The van der Waals surface area contributed by atoms with Gasteiger partial charge in [-0.3, -0.25) is 14.9 Å². The Morgan fingerprint density at radius 1 is 1.50 bits per heavy atom. The van der Waals surface area contributed by atoms with Crippen molar-refractivity contribution in [2.24, 2.45) is 0 Å². The van der Waals surface area contributed by atoms with Crippen molar-refractivity contribution in [1.29, 1.82) is 0 Å². The molecular weight excluding hydrogens is 328 g/mol. The van der Waals surface area contributed by atoms with Gasteiger partial charge < -0.3 is 10.0 Å². The largest absolute Gasteiger partial charge is 0.389 e. The number of nitro groups is 1. The number of benzene rings is 1. The second-order valence-electron chi connectivity index (χ2n) is 5.03. The Labute approximate surface area is 125 Å². The second kappa shape index (κ2) is 6.32. The van der Waals surface area contributed by atoms with Gasteiger partial charge in [-0.15, -0.1) is 0 Å². The highest BCUT2D eigenvalue weighted by molar-refractivity contribution is 9.10. The first-order valence-corrected chi connectivity index (χ1v) is 6.91. The molecule has 6 nitrogen and oxygen atoms in total. The second-order valence-corrected chi connectivity index (χ2v) is 5.82. The van der Waals surface area contributed by atoms with Crippen molar-refractivity contribution < 1.29 is 14.8 Å². The third-order valence-corrected chi connectivity index (χ3v) is 3.49. The summed E-state index contributed by atoms with van der Waals surface area (Å²) < 4.78 is 0.157. The molecule has 1 aromatic carbocycles. The van der Waals surface area contributed by atoms with E-state index in [-0.39, 0.29) is 28.2 Å². The fourth-order valence-electron chi connectivity index (χ4n) is 1.79. The zero-order valence-electron chi connectivity index (χ0n) is 11.6. The molecule has 20 heavy (non-hydrogen) atoms. The lowest BCUT2D eigenvalue weighted by Crippen LogP contribution is -2.42. The van der Waals surface area contributed by atoms with E-state index >= 15 is 0 Å². The number of carbonyl (C=O) groups excluding carboxylic acids is 1. The lowest BCUT2D eigenvalue weighted by atomic mass is 10.1. The lowest BCUT2D eigenvalue weighted by molar-refractivity contribution is -0.385. The van der Waals surface area contributed by atoms with Crippen molar-refractivity contribution in [2.75, 3.05) is 13.1 Å². The van der Waals surface area contributed by atoms with E-state index in [1.807, 2.05) is 0 Å². The first kappa shape index (κ1) is 16.6. The number of hydrogen-bond donors (Lipinski definition) is 1. The minimum absolute atomic E-state index is 0.150. The summed E-state index contributed by atoms with van der Waals surface area (Å²) in [5.74, 6) is -0.356. The molecule has 110 valence electrons. The summed E-state index contributed by atoms with van der Waals surface area (Å²) in [6.07, 6.45) is 0. The third-order valence-electron chi connectivity index (χ3n) is 2.65. The van der Waals surface area contributed by atoms with Crippen LogP contribution in [0.5, 0.6) is 0 Å². The van der Waals surface area contributed by atoms with Crippen LogP contribution in [0.4, 0.5) is 5.69 Å². The van der Waals surface area contributed by atoms with Gasteiger partial charge >= 0.3 is 0 Å². The summed E-state index contributed by atoms with van der Waals surface area (Å²) in [4.78, 5) is 24.2.